The highest BCUT2D eigenvalue weighted by atomic mass is 79.9. The molecule has 0 spiro atoms. The smallest absolute Gasteiger partial charge is 0.255 e. The Morgan fingerprint density at radius 1 is 1.14 bits per heavy atom. The van der Waals surface area contributed by atoms with Crippen molar-refractivity contribution < 1.29 is 9.18 Å². The fourth-order valence-electron chi connectivity index (χ4n) is 3.39. The molecule has 0 N–H and O–H groups in total. The number of piperazine rings is 1. The van der Waals surface area contributed by atoms with E-state index in [1.807, 2.05) is 4.90 Å². The number of carbonyl (C=O) groups excluding carboxylic acids is 1. The molecule has 114 valence electrons. The Hall–Kier alpha value is -0.940. The van der Waals surface area contributed by atoms with Crippen LogP contribution in [-0.2, 0) is 0 Å². The quantitative estimate of drug-likeness (QED) is 0.813. The highest BCUT2D eigenvalue weighted by Crippen LogP contribution is 2.25. The van der Waals surface area contributed by atoms with Crippen molar-refractivity contribution in [2.24, 2.45) is 0 Å². The zero-order valence-corrected chi connectivity index (χ0v) is 13.6. The molecule has 0 radical (unpaired) electrons. The van der Waals surface area contributed by atoms with Crippen molar-refractivity contribution in [1.82, 2.24) is 9.80 Å². The van der Waals surface area contributed by atoms with Gasteiger partial charge in [-0.1, -0.05) is 12.8 Å². The molecule has 0 atom stereocenters. The van der Waals surface area contributed by atoms with Crippen molar-refractivity contribution in [2.45, 2.75) is 31.7 Å². The Morgan fingerprint density at radius 2 is 1.81 bits per heavy atom. The van der Waals surface area contributed by atoms with Gasteiger partial charge in [0.1, 0.15) is 5.82 Å². The molecule has 1 amide bonds. The molecule has 2 fully saturated rings. The van der Waals surface area contributed by atoms with Crippen molar-refractivity contribution in [3.63, 3.8) is 0 Å². The molecule has 1 aromatic rings. The van der Waals surface area contributed by atoms with E-state index in [4.69, 9.17) is 0 Å². The van der Waals surface area contributed by atoms with Gasteiger partial charge in [0, 0.05) is 36.7 Å². The SMILES string of the molecule is O=C(c1cc(F)ccc1Br)N1CCN(C2CCCC2)CC1. The largest absolute Gasteiger partial charge is 0.336 e. The zero-order valence-electron chi connectivity index (χ0n) is 12.0. The van der Waals surface area contributed by atoms with E-state index in [9.17, 15) is 9.18 Å². The van der Waals surface area contributed by atoms with E-state index in [0.717, 1.165) is 26.2 Å². The Morgan fingerprint density at radius 3 is 2.48 bits per heavy atom. The van der Waals surface area contributed by atoms with E-state index < -0.39 is 0 Å². The summed E-state index contributed by atoms with van der Waals surface area (Å²) < 4.78 is 14.0. The summed E-state index contributed by atoms with van der Waals surface area (Å²) in [7, 11) is 0. The molecule has 3 nitrogen and oxygen atoms in total. The summed E-state index contributed by atoms with van der Waals surface area (Å²) in [5, 5.41) is 0. The molecule has 1 aliphatic heterocycles. The lowest BCUT2D eigenvalue weighted by Crippen LogP contribution is -2.51. The first-order valence-electron chi connectivity index (χ1n) is 7.63. The highest BCUT2D eigenvalue weighted by molar-refractivity contribution is 9.10. The third-order valence-corrected chi connectivity index (χ3v) is 5.29. The second-order valence-corrected chi connectivity index (χ2v) is 6.74. The van der Waals surface area contributed by atoms with E-state index in [2.05, 4.69) is 20.8 Å². The fourth-order valence-corrected chi connectivity index (χ4v) is 3.81. The average Bonchev–Trinajstić information content (AvgIpc) is 3.03. The second kappa shape index (κ2) is 6.44. The summed E-state index contributed by atoms with van der Waals surface area (Å²) in [5.41, 5.74) is 0.421. The molecular weight excluding hydrogens is 335 g/mol. The molecule has 0 aromatic heterocycles. The van der Waals surface area contributed by atoms with Gasteiger partial charge in [0.05, 0.1) is 5.56 Å². The summed E-state index contributed by atoms with van der Waals surface area (Å²) in [5.74, 6) is -0.446. The van der Waals surface area contributed by atoms with Gasteiger partial charge < -0.3 is 4.90 Å². The van der Waals surface area contributed by atoms with Crippen LogP contribution in [-0.4, -0.2) is 47.9 Å². The van der Waals surface area contributed by atoms with Gasteiger partial charge in [-0.05, 0) is 47.0 Å². The predicted octanol–water partition coefficient (Wildman–Crippen LogP) is 3.29. The lowest BCUT2D eigenvalue weighted by Gasteiger charge is -2.38. The average molecular weight is 355 g/mol. The van der Waals surface area contributed by atoms with Crippen LogP contribution < -0.4 is 0 Å². The molecule has 1 aromatic carbocycles. The van der Waals surface area contributed by atoms with Gasteiger partial charge in [-0.2, -0.15) is 0 Å². The number of hydrogen-bond donors (Lipinski definition) is 0. The lowest BCUT2D eigenvalue weighted by atomic mass is 10.1. The van der Waals surface area contributed by atoms with E-state index in [-0.39, 0.29) is 11.7 Å². The first-order chi connectivity index (χ1) is 10.1. The Bertz CT molecular complexity index is 523. The van der Waals surface area contributed by atoms with Crippen molar-refractivity contribution in [3.05, 3.63) is 34.1 Å². The number of amides is 1. The fraction of sp³-hybridized carbons (Fsp3) is 0.562. The van der Waals surface area contributed by atoms with Crippen LogP contribution in [0.1, 0.15) is 36.0 Å². The van der Waals surface area contributed by atoms with Crippen LogP contribution in [0.3, 0.4) is 0 Å². The van der Waals surface area contributed by atoms with Gasteiger partial charge in [-0.25, -0.2) is 4.39 Å². The maximum absolute atomic E-state index is 13.3. The van der Waals surface area contributed by atoms with Crippen molar-refractivity contribution in [2.75, 3.05) is 26.2 Å². The summed E-state index contributed by atoms with van der Waals surface area (Å²) >= 11 is 3.34. The van der Waals surface area contributed by atoms with Crippen molar-refractivity contribution >= 4 is 21.8 Å². The Kier molecular flexibility index (Phi) is 4.60. The molecule has 5 heteroatoms. The molecule has 1 aliphatic carbocycles. The minimum Gasteiger partial charge on any atom is -0.336 e. The van der Waals surface area contributed by atoms with Gasteiger partial charge in [0.25, 0.3) is 5.91 Å². The second-order valence-electron chi connectivity index (χ2n) is 5.89. The summed E-state index contributed by atoms with van der Waals surface area (Å²) in [4.78, 5) is 16.9. The number of carbonyl (C=O) groups is 1. The molecular formula is C16H20BrFN2O. The van der Waals surface area contributed by atoms with Crippen LogP contribution in [0.2, 0.25) is 0 Å². The topological polar surface area (TPSA) is 23.6 Å². The number of benzene rings is 1. The molecule has 3 rings (SSSR count). The Labute approximate surface area is 133 Å². The standard InChI is InChI=1S/C16H20BrFN2O/c17-15-6-5-12(18)11-14(15)16(21)20-9-7-19(8-10-20)13-3-1-2-4-13/h5-6,11,13H,1-4,7-10H2. The van der Waals surface area contributed by atoms with E-state index in [1.165, 1.54) is 37.8 Å². The van der Waals surface area contributed by atoms with Gasteiger partial charge in [-0.3, -0.25) is 9.69 Å². The number of hydrogen-bond acceptors (Lipinski definition) is 2. The number of rotatable bonds is 2. The molecule has 2 aliphatic rings. The van der Waals surface area contributed by atoms with Gasteiger partial charge in [0.15, 0.2) is 0 Å². The van der Waals surface area contributed by atoms with E-state index in [1.54, 1.807) is 6.07 Å². The van der Waals surface area contributed by atoms with Crippen LogP contribution in [0.25, 0.3) is 0 Å². The van der Waals surface area contributed by atoms with Crippen molar-refractivity contribution in [3.8, 4) is 0 Å². The van der Waals surface area contributed by atoms with E-state index in [0.29, 0.717) is 16.1 Å². The molecule has 0 bridgehead atoms. The number of halogens is 2. The van der Waals surface area contributed by atoms with Gasteiger partial charge >= 0.3 is 0 Å². The van der Waals surface area contributed by atoms with Crippen LogP contribution in [0.15, 0.2) is 22.7 Å². The highest BCUT2D eigenvalue weighted by Gasteiger charge is 2.28. The third kappa shape index (κ3) is 3.29. The monoisotopic (exact) mass is 354 g/mol. The van der Waals surface area contributed by atoms with E-state index >= 15 is 0 Å². The maximum Gasteiger partial charge on any atom is 0.255 e. The minimum absolute atomic E-state index is 0.0764. The van der Waals surface area contributed by atoms with Crippen LogP contribution in [0.5, 0.6) is 0 Å². The van der Waals surface area contributed by atoms with Crippen LogP contribution in [0.4, 0.5) is 4.39 Å². The van der Waals surface area contributed by atoms with Gasteiger partial charge in [-0.15, -0.1) is 0 Å². The third-order valence-electron chi connectivity index (χ3n) is 4.60. The Balaban J connectivity index is 1.63. The van der Waals surface area contributed by atoms with Gasteiger partial charge in [0.2, 0.25) is 0 Å². The first-order valence-corrected chi connectivity index (χ1v) is 8.43. The molecule has 1 heterocycles. The summed E-state index contributed by atoms with van der Waals surface area (Å²) in [6.07, 6.45) is 5.26. The molecule has 1 saturated carbocycles. The summed E-state index contributed by atoms with van der Waals surface area (Å²) in [6, 6.07) is 4.98. The normalized spacial score (nSPS) is 21.0. The predicted molar refractivity (Wildman–Crippen MR) is 83.8 cm³/mol. The number of nitrogens with zero attached hydrogens (tertiary/aromatic N) is 2. The van der Waals surface area contributed by atoms with Crippen molar-refractivity contribution in [1.29, 1.82) is 0 Å². The molecule has 21 heavy (non-hydrogen) atoms. The van der Waals surface area contributed by atoms with Crippen LogP contribution >= 0.6 is 15.9 Å². The summed E-state index contributed by atoms with van der Waals surface area (Å²) in [6.45, 7) is 3.34. The lowest BCUT2D eigenvalue weighted by molar-refractivity contribution is 0.0572. The maximum atomic E-state index is 13.3. The molecule has 1 saturated heterocycles. The van der Waals surface area contributed by atoms with Crippen LogP contribution in [0, 0.1) is 5.82 Å². The zero-order chi connectivity index (χ0) is 14.8. The molecule has 0 unspecified atom stereocenters. The minimum atomic E-state index is -0.369. The first kappa shape index (κ1) is 15.0.